The second-order valence-corrected chi connectivity index (χ2v) is 20.1. The van der Waals surface area contributed by atoms with E-state index in [9.17, 15) is 0 Å². The van der Waals surface area contributed by atoms with Crippen molar-refractivity contribution in [2.75, 3.05) is 10.7 Å². The summed E-state index contributed by atoms with van der Waals surface area (Å²) < 4.78 is 18.4. The lowest BCUT2D eigenvalue weighted by Gasteiger charge is -2.03. The number of pyridine rings is 8. The lowest BCUT2D eigenvalue weighted by molar-refractivity contribution is -0.708. The average molecular weight is 1070 g/mol. The van der Waals surface area contributed by atoms with Crippen LogP contribution in [0, 0.1) is 0 Å². The van der Waals surface area contributed by atoms with E-state index in [0.717, 1.165) is 102 Å². The van der Waals surface area contributed by atoms with E-state index in [1.165, 1.54) is 70.2 Å². The van der Waals surface area contributed by atoms with E-state index < -0.39 is 0 Å². The first-order valence-corrected chi connectivity index (χ1v) is 27.9. The molecule has 0 fully saturated rings. The van der Waals surface area contributed by atoms with E-state index in [1.54, 1.807) is 0 Å². The van der Waals surface area contributed by atoms with Crippen LogP contribution in [0.1, 0.15) is 64.2 Å². The summed E-state index contributed by atoms with van der Waals surface area (Å²) in [6.07, 6.45) is 47.1. The highest BCUT2D eigenvalue weighted by atomic mass is 79.9. The van der Waals surface area contributed by atoms with Gasteiger partial charge in [0.2, 0.25) is 0 Å². The third-order valence-corrected chi connectivity index (χ3v) is 14.4. The van der Waals surface area contributed by atoms with Crippen molar-refractivity contribution >= 4 is 31.9 Å². The molecular formula is C60H72Br2N8+8. The summed E-state index contributed by atoms with van der Waals surface area (Å²) in [5.41, 5.74) is 10.1. The summed E-state index contributed by atoms with van der Waals surface area (Å²) in [5, 5.41) is 2.14. The molecule has 8 aromatic rings. The fourth-order valence-corrected chi connectivity index (χ4v) is 9.73. The second kappa shape index (κ2) is 27.5. The second-order valence-electron chi connectivity index (χ2n) is 18.5. The summed E-state index contributed by atoms with van der Waals surface area (Å²) in [6, 6.07) is 35.8. The van der Waals surface area contributed by atoms with E-state index in [1.807, 2.05) is 0 Å². The van der Waals surface area contributed by atoms with E-state index >= 15 is 0 Å². The number of halogens is 2. The van der Waals surface area contributed by atoms with E-state index in [4.69, 9.17) is 0 Å². The van der Waals surface area contributed by atoms with Crippen molar-refractivity contribution in [3.63, 3.8) is 0 Å². The topological polar surface area (TPSA) is 31.0 Å². The van der Waals surface area contributed by atoms with Crippen LogP contribution in [-0.4, -0.2) is 10.7 Å². The third-order valence-electron chi connectivity index (χ3n) is 13.3. The fourth-order valence-electron chi connectivity index (χ4n) is 8.93. The van der Waals surface area contributed by atoms with Crippen LogP contribution in [0.4, 0.5) is 0 Å². The minimum Gasteiger partial charge on any atom is -0.205 e. The SMILES string of the molecule is BrCCCC[n+]1ccc(-c2cc[n+](CCCC[n+]3ccc(-c4cc[n+](CCCC[n+]5ccc(-c6cc[n+](CCCC[n+]7ccc(-c8cc[n+](CCCCBr)cc8)cc7)cc6)cc5)cc4)cc3)cc2)cc1. The predicted molar refractivity (Wildman–Crippen MR) is 283 cm³/mol. The Labute approximate surface area is 433 Å². The maximum Gasteiger partial charge on any atom is 0.169 e. The predicted octanol–water partition coefficient (Wildman–Crippen LogP) is 9.45. The highest BCUT2D eigenvalue weighted by Gasteiger charge is 2.12. The van der Waals surface area contributed by atoms with Gasteiger partial charge in [0.25, 0.3) is 0 Å². The monoisotopic (exact) mass is 1060 g/mol. The molecule has 0 spiro atoms. The molecule has 0 radical (unpaired) electrons. The fraction of sp³-hybridized carbons (Fsp3) is 0.333. The Hall–Kier alpha value is -5.84. The zero-order chi connectivity index (χ0) is 48.0. The van der Waals surface area contributed by atoms with Crippen LogP contribution in [-0.2, 0) is 52.4 Å². The number of unbranched alkanes of at least 4 members (excludes halogenated alkanes) is 5. The van der Waals surface area contributed by atoms with Crippen molar-refractivity contribution in [1.29, 1.82) is 0 Å². The molecule has 0 N–H and O–H groups in total. The number of rotatable bonds is 27. The van der Waals surface area contributed by atoms with Crippen molar-refractivity contribution < 1.29 is 36.5 Å². The zero-order valence-electron chi connectivity index (χ0n) is 41.0. The molecule has 0 unspecified atom stereocenters. The molecule has 0 saturated heterocycles. The Bertz CT molecular complexity index is 2540. The molecule has 0 aliphatic carbocycles. The number of hydrogen-bond donors (Lipinski definition) is 0. The summed E-state index contributed by atoms with van der Waals surface area (Å²) >= 11 is 7.05. The van der Waals surface area contributed by atoms with Gasteiger partial charge in [0.1, 0.15) is 52.4 Å². The van der Waals surface area contributed by atoms with Gasteiger partial charge in [0.05, 0.1) is 0 Å². The van der Waals surface area contributed by atoms with Gasteiger partial charge in [-0.3, -0.25) is 0 Å². The van der Waals surface area contributed by atoms with E-state index in [-0.39, 0.29) is 0 Å². The van der Waals surface area contributed by atoms with Crippen LogP contribution in [0.5, 0.6) is 0 Å². The van der Waals surface area contributed by atoms with Crippen LogP contribution in [0.3, 0.4) is 0 Å². The summed E-state index contributed by atoms with van der Waals surface area (Å²) in [6.45, 7) is 8.28. The van der Waals surface area contributed by atoms with Gasteiger partial charge in [-0.05, 0) is 57.3 Å². The molecule has 0 saturated carbocycles. The molecule has 0 aliphatic heterocycles. The van der Waals surface area contributed by atoms with Gasteiger partial charge in [-0.2, -0.15) is 0 Å². The largest absolute Gasteiger partial charge is 0.205 e. The summed E-state index contributed by atoms with van der Waals surface area (Å²) in [5.74, 6) is 0. The Morgan fingerprint density at radius 1 is 0.186 bits per heavy atom. The molecule has 0 atom stereocenters. The molecule has 0 amide bonds. The van der Waals surface area contributed by atoms with Gasteiger partial charge in [0, 0.05) is 159 Å². The molecule has 0 aromatic carbocycles. The molecule has 0 aliphatic rings. The lowest BCUT2D eigenvalue weighted by Crippen LogP contribution is -2.35. The average Bonchev–Trinajstić information content (AvgIpc) is 3.42. The highest BCUT2D eigenvalue weighted by Crippen LogP contribution is 2.19. The minimum absolute atomic E-state index is 1.02. The maximum absolute atomic E-state index is 3.52. The van der Waals surface area contributed by atoms with Crippen molar-refractivity contribution in [2.45, 2.75) is 117 Å². The van der Waals surface area contributed by atoms with Crippen molar-refractivity contribution in [2.24, 2.45) is 0 Å². The van der Waals surface area contributed by atoms with E-state index in [0.29, 0.717) is 0 Å². The number of aromatic nitrogens is 8. The molecule has 8 nitrogen and oxygen atoms in total. The molecule has 8 aromatic heterocycles. The van der Waals surface area contributed by atoms with Crippen LogP contribution in [0.15, 0.2) is 196 Å². The first kappa shape index (κ1) is 50.5. The van der Waals surface area contributed by atoms with Crippen LogP contribution < -0.4 is 36.5 Å². The highest BCUT2D eigenvalue weighted by molar-refractivity contribution is 9.09. The summed E-state index contributed by atoms with van der Waals surface area (Å²) in [7, 11) is 0. The molecule has 70 heavy (non-hydrogen) atoms. The number of aryl methyl sites for hydroxylation is 8. The molecule has 10 heteroatoms. The number of alkyl halides is 2. The van der Waals surface area contributed by atoms with Crippen LogP contribution in [0.25, 0.3) is 44.5 Å². The van der Waals surface area contributed by atoms with Gasteiger partial charge >= 0.3 is 0 Å². The molecule has 358 valence electrons. The first-order chi connectivity index (χ1) is 34.6. The Morgan fingerprint density at radius 3 is 0.414 bits per heavy atom. The Balaban J connectivity index is 0.682. The Morgan fingerprint density at radius 2 is 0.300 bits per heavy atom. The first-order valence-electron chi connectivity index (χ1n) is 25.6. The number of nitrogens with zero attached hydrogens (tertiary/aromatic N) is 8. The lowest BCUT2D eigenvalue weighted by atomic mass is 10.1. The third kappa shape index (κ3) is 15.8. The zero-order valence-corrected chi connectivity index (χ0v) is 44.1. The van der Waals surface area contributed by atoms with Gasteiger partial charge in [-0.25, -0.2) is 36.5 Å². The standard InChI is InChI=1S/C60H72Br2N8/c61-27-1-3-29-63-37-11-53(12-38-63)55-15-41-65(42-16-55)31-5-7-33-67-45-19-57(20-46-67)59-23-49-69(50-24-59)35-9-10-36-70-51-25-60(26-52-70)58-21-47-68(48-22-58)34-8-6-32-66-43-17-56(18-44-66)54-13-39-64(40-14-54)30-4-2-28-62/h11-26,37-52H,1-10,27-36H2/q+8. The van der Waals surface area contributed by atoms with Crippen LogP contribution in [0.2, 0.25) is 0 Å². The normalized spacial score (nSPS) is 11.3. The van der Waals surface area contributed by atoms with Crippen molar-refractivity contribution in [3.8, 4) is 44.5 Å². The van der Waals surface area contributed by atoms with Gasteiger partial charge in [-0.15, -0.1) is 0 Å². The molecule has 8 rings (SSSR count). The van der Waals surface area contributed by atoms with Crippen molar-refractivity contribution in [3.05, 3.63) is 196 Å². The van der Waals surface area contributed by atoms with Gasteiger partial charge in [0.15, 0.2) is 99.1 Å². The van der Waals surface area contributed by atoms with Gasteiger partial charge < -0.3 is 0 Å². The van der Waals surface area contributed by atoms with Gasteiger partial charge in [-0.1, -0.05) is 31.9 Å². The van der Waals surface area contributed by atoms with E-state index in [2.05, 4.69) is 265 Å². The summed E-state index contributed by atoms with van der Waals surface area (Å²) in [4.78, 5) is 0. The quantitative estimate of drug-likeness (QED) is 0.0280. The molecule has 0 bridgehead atoms. The Kier molecular flexibility index (Phi) is 19.9. The maximum atomic E-state index is 3.52. The van der Waals surface area contributed by atoms with Crippen molar-refractivity contribution in [1.82, 2.24) is 0 Å². The molecular weight excluding hydrogens is 993 g/mol. The number of hydrogen-bond acceptors (Lipinski definition) is 0. The van der Waals surface area contributed by atoms with Crippen LogP contribution >= 0.6 is 31.9 Å². The smallest absolute Gasteiger partial charge is 0.169 e. The minimum atomic E-state index is 1.02. The molecule has 8 heterocycles.